The Morgan fingerprint density at radius 1 is 1.53 bits per heavy atom. The van der Waals surface area contributed by atoms with Gasteiger partial charge in [-0.05, 0) is 24.4 Å². The summed E-state index contributed by atoms with van der Waals surface area (Å²) in [4.78, 5) is 3.80. The van der Waals surface area contributed by atoms with Crippen LogP contribution in [0.15, 0.2) is 17.5 Å². The highest BCUT2D eigenvalue weighted by atomic mass is 32.1. The van der Waals surface area contributed by atoms with Crippen molar-refractivity contribution in [2.45, 2.75) is 26.3 Å². The molecule has 0 spiro atoms. The molecule has 1 N–H and O–H groups in total. The molecule has 0 amide bonds. The van der Waals surface area contributed by atoms with Gasteiger partial charge >= 0.3 is 0 Å². The van der Waals surface area contributed by atoms with Crippen molar-refractivity contribution in [3.05, 3.63) is 28.8 Å². The van der Waals surface area contributed by atoms with Crippen molar-refractivity contribution >= 4 is 11.3 Å². The highest BCUT2D eigenvalue weighted by Gasteiger charge is 2.22. The van der Waals surface area contributed by atoms with Crippen LogP contribution < -0.4 is 0 Å². The second-order valence-corrected chi connectivity index (χ2v) is 5.48. The molecule has 0 aromatic carbocycles. The zero-order valence-electron chi connectivity index (χ0n) is 10.1. The minimum Gasteiger partial charge on any atom is -0.299 e. The third kappa shape index (κ3) is 2.03. The predicted octanol–water partition coefficient (Wildman–Crippen LogP) is 2.91. The largest absolute Gasteiger partial charge is 0.299 e. The smallest absolute Gasteiger partial charge is 0.107 e. The molecule has 2 aromatic rings. The van der Waals surface area contributed by atoms with E-state index in [9.17, 15) is 0 Å². The SMILES string of the molecule is CCCN1CCc2[nH]nc(-c3cccs3)c2C1. The average molecular weight is 247 g/mol. The van der Waals surface area contributed by atoms with Gasteiger partial charge in [0.2, 0.25) is 0 Å². The number of hydrogen-bond donors (Lipinski definition) is 1. The van der Waals surface area contributed by atoms with E-state index in [0.29, 0.717) is 0 Å². The number of aromatic nitrogens is 2. The number of thiophene rings is 1. The summed E-state index contributed by atoms with van der Waals surface area (Å²) < 4.78 is 0. The number of aromatic amines is 1. The first-order valence-electron chi connectivity index (χ1n) is 6.21. The summed E-state index contributed by atoms with van der Waals surface area (Å²) in [5.41, 5.74) is 3.91. The van der Waals surface area contributed by atoms with Gasteiger partial charge in [-0.2, -0.15) is 5.10 Å². The van der Waals surface area contributed by atoms with Crippen molar-refractivity contribution in [1.82, 2.24) is 15.1 Å². The highest BCUT2D eigenvalue weighted by Crippen LogP contribution is 2.30. The zero-order valence-corrected chi connectivity index (χ0v) is 10.9. The third-order valence-electron chi connectivity index (χ3n) is 3.31. The fourth-order valence-corrected chi connectivity index (χ4v) is 3.22. The topological polar surface area (TPSA) is 31.9 Å². The standard InChI is InChI=1S/C13H17N3S/c1-2-6-16-7-5-11-10(9-16)13(15-14-11)12-4-3-8-17-12/h3-4,8H,2,5-7,9H2,1H3,(H,14,15). The molecule has 17 heavy (non-hydrogen) atoms. The Morgan fingerprint density at radius 2 is 2.47 bits per heavy atom. The second kappa shape index (κ2) is 4.63. The summed E-state index contributed by atoms with van der Waals surface area (Å²) in [5.74, 6) is 0. The molecule has 3 nitrogen and oxygen atoms in total. The normalized spacial score (nSPS) is 16.1. The Labute approximate surface area is 105 Å². The van der Waals surface area contributed by atoms with Gasteiger partial charge in [0.25, 0.3) is 0 Å². The number of H-pyrrole nitrogens is 1. The van der Waals surface area contributed by atoms with E-state index in [2.05, 4.69) is 39.5 Å². The van der Waals surface area contributed by atoms with E-state index in [4.69, 9.17) is 0 Å². The van der Waals surface area contributed by atoms with Crippen molar-refractivity contribution in [3.63, 3.8) is 0 Å². The van der Waals surface area contributed by atoms with Gasteiger partial charge in [-0.15, -0.1) is 11.3 Å². The number of rotatable bonds is 3. The number of nitrogens with one attached hydrogen (secondary N) is 1. The Kier molecular flexibility index (Phi) is 2.99. The van der Waals surface area contributed by atoms with Crippen molar-refractivity contribution in [2.75, 3.05) is 13.1 Å². The second-order valence-electron chi connectivity index (χ2n) is 4.53. The first-order valence-corrected chi connectivity index (χ1v) is 7.08. The van der Waals surface area contributed by atoms with Gasteiger partial charge in [-0.1, -0.05) is 13.0 Å². The Balaban J connectivity index is 1.92. The number of hydrogen-bond acceptors (Lipinski definition) is 3. The zero-order chi connectivity index (χ0) is 11.7. The summed E-state index contributed by atoms with van der Waals surface area (Å²) in [5, 5.41) is 9.81. The number of fused-ring (bicyclic) bond motifs is 1. The molecule has 0 saturated carbocycles. The molecule has 0 unspecified atom stereocenters. The molecule has 4 heteroatoms. The first-order chi connectivity index (χ1) is 8.38. The average Bonchev–Trinajstić information content (AvgIpc) is 2.96. The van der Waals surface area contributed by atoms with E-state index in [1.807, 2.05) is 0 Å². The molecule has 0 fully saturated rings. The number of nitrogens with zero attached hydrogens (tertiary/aromatic N) is 2. The van der Waals surface area contributed by atoms with E-state index in [-0.39, 0.29) is 0 Å². The van der Waals surface area contributed by atoms with Gasteiger partial charge in [0.1, 0.15) is 5.69 Å². The maximum absolute atomic E-state index is 4.49. The minimum absolute atomic E-state index is 1.05. The molecule has 0 saturated heterocycles. The van der Waals surface area contributed by atoms with Gasteiger partial charge in [0.05, 0.1) is 4.88 Å². The molecule has 0 radical (unpaired) electrons. The Hall–Kier alpha value is -1.13. The summed E-state index contributed by atoms with van der Waals surface area (Å²) >= 11 is 1.77. The van der Waals surface area contributed by atoms with Gasteiger partial charge in [0, 0.05) is 30.8 Å². The molecule has 1 aliphatic rings. The summed E-state index contributed by atoms with van der Waals surface area (Å²) in [6.07, 6.45) is 2.33. The van der Waals surface area contributed by atoms with Crippen molar-refractivity contribution in [3.8, 4) is 10.6 Å². The van der Waals surface area contributed by atoms with Crippen LogP contribution >= 0.6 is 11.3 Å². The maximum Gasteiger partial charge on any atom is 0.107 e. The van der Waals surface area contributed by atoms with Gasteiger partial charge in [-0.25, -0.2) is 0 Å². The maximum atomic E-state index is 4.49. The van der Waals surface area contributed by atoms with Crippen LogP contribution in [-0.4, -0.2) is 28.2 Å². The molecule has 0 bridgehead atoms. The van der Waals surface area contributed by atoms with E-state index in [1.54, 1.807) is 11.3 Å². The van der Waals surface area contributed by atoms with E-state index in [1.165, 1.54) is 29.1 Å². The van der Waals surface area contributed by atoms with Crippen LogP contribution in [0.25, 0.3) is 10.6 Å². The Morgan fingerprint density at radius 3 is 3.24 bits per heavy atom. The molecule has 0 atom stereocenters. The minimum atomic E-state index is 1.05. The quantitative estimate of drug-likeness (QED) is 0.904. The van der Waals surface area contributed by atoms with Crippen LogP contribution in [0, 0.1) is 0 Å². The lowest BCUT2D eigenvalue weighted by molar-refractivity contribution is 0.254. The van der Waals surface area contributed by atoms with Crippen LogP contribution in [0.4, 0.5) is 0 Å². The van der Waals surface area contributed by atoms with Gasteiger partial charge in [-0.3, -0.25) is 10.00 Å². The Bertz CT molecular complexity index is 487. The molecule has 3 rings (SSSR count). The molecule has 3 heterocycles. The van der Waals surface area contributed by atoms with Crippen LogP contribution in [0.3, 0.4) is 0 Å². The van der Waals surface area contributed by atoms with E-state index in [0.717, 1.165) is 25.2 Å². The van der Waals surface area contributed by atoms with E-state index < -0.39 is 0 Å². The molecule has 90 valence electrons. The lowest BCUT2D eigenvalue weighted by Crippen LogP contribution is -2.30. The highest BCUT2D eigenvalue weighted by molar-refractivity contribution is 7.13. The lowest BCUT2D eigenvalue weighted by Gasteiger charge is -2.26. The monoisotopic (exact) mass is 247 g/mol. The van der Waals surface area contributed by atoms with Crippen LogP contribution in [0.2, 0.25) is 0 Å². The summed E-state index contributed by atoms with van der Waals surface area (Å²) in [6, 6.07) is 4.24. The van der Waals surface area contributed by atoms with Crippen LogP contribution in [-0.2, 0) is 13.0 Å². The van der Waals surface area contributed by atoms with Crippen molar-refractivity contribution in [2.24, 2.45) is 0 Å². The molecule has 1 aliphatic heterocycles. The van der Waals surface area contributed by atoms with Crippen molar-refractivity contribution < 1.29 is 0 Å². The molecular weight excluding hydrogens is 230 g/mol. The van der Waals surface area contributed by atoms with Gasteiger partial charge < -0.3 is 0 Å². The third-order valence-corrected chi connectivity index (χ3v) is 4.18. The van der Waals surface area contributed by atoms with E-state index >= 15 is 0 Å². The lowest BCUT2D eigenvalue weighted by atomic mass is 10.0. The summed E-state index contributed by atoms with van der Waals surface area (Å²) in [7, 11) is 0. The van der Waals surface area contributed by atoms with Crippen LogP contribution in [0.1, 0.15) is 24.6 Å². The first kappa shape index (κ1) is 11.0. The molecule has 0 aliphatic carbocycles. The fourth-order valence-electron chi connectivity index (χ4n) is 2.48. The molecular formula is C13H17N3S. The molecule has 2 aromatic heterocycles. The summed E-state index contributed by atoms with van der Waals surface area (Å²) in [6.45, 7) is 5.64. The van der Waals surface area contributed by atoms with Gasteiger partial charge in [0.15, 0.2) is 0 Å². The van der Waals surface area contributed by atoms with Crippen molar-refractivity contribution in [1.29, 1.82) is 0 Å². The van der Waals surface area contributed by atoms with Crippen LogP contribution in [0.5, 0.6) is 0 Å². The fraction of sp³-hybridized carbons (Fsp3) is 0.462. The predicted molar refractivity (Wildman–Crippen MR) is 71.2 cm³/mol.